The second kappa shape index (κ2) is 10.5. The Balaban J connectivity index is 1.67. The number of hydrogen-bond acceptors (Lipinski definition) is 4. The monoisotopic (exact) mass is 452 g/mol. The number of alkyl carbamates (subject to hydrolysis) is 1. The van der Waals surface area contributed by atoms with E-state index in [9.17, 15) is 19.5 Å². The molecule has 33 heavy (non-hydrogen) atoms. The third-order valence-electron chi connectivity index (χ3n) is 5.89. The Bertz CT molecular complexity index is 972. The largest absolute Gasteiger partial charge is 0.480 e. The van der Waals surface area contributed by atoms with Crippen molar-refractivity contribution in [3.63, 3.8) is 0 Å². The van der Waals surface area contributed by atoms with E-state index in [1.807, 2.05) is 50.2 Å². The molecule has 7 nitrogen and oxygen atoms in total. The van der Waals surface area contributed by atoms with E-state index < -0.39 is 30.1 Å². The van der Waals surface area contributed by atoms with Crippen molar-refractivity contribution in [1.82, 2.24) is 10.6 Å². The van der Waals surface area contributed by atoms with Crippen molar-refractivity contribution in [2.75, 3.05) is 6.61 Å². The van der Waals surface area contributed by atoms with Crippen LogP contribution in [0, 0.1) is 11.8 Å². The van der Waals surface area contributed by atoms with Crippen LogP contribution in [0.5, 0.6) is 0 Å². The van der Waals surface area contributed by atoms with Crippen molar-refractivity contribution in [2.45, 2.75) is 52.1 Å². The lowest BCUT2D eigenvalue weighted by Crippen LogP contribution is -2.53. The molecule has 0 heterocycles. The minimum absolute atomic E-state index is 0.0853. The highest BCUT2D eigenvalue weighted by atomic mass is 16.5. The number of aliphatic carboxylic acids is 1. The van der Waals surface area contributed by atoms with E-state index in [0.717, 1.165) is 22.3 Å². The molecule has 1 unspecified atom stereocenters. The maximum absolute atomic E-state index is 12.8. The van der Waals surface area contributed by atoms with Gasteiger partial charge in [0, 0.05) is 5.92 Å². The van der Waals surface area contributed by atoms with Crippen LogP contribution in [-0.2, 0) is 14.3 Å². The molecule has 2 aromatic carbocycles. The van der Waals surface area contributed by atoms with Crippen molar-refractivity contribution in [1.29, 1.82) is 0 Å². The fraction of sp³-hybridized carbons (Fsp3) is 0.423. The van der Waals surface area contributed by atoms with Crippen LogP contribution in [0.3, 0.4) is 0 Å². The Labute approximate surface area is 194 Å². The number of carbonyl (C=O) groups excluding carboxylic acids is 2. The van der Waals surface area contributed by atoms with Gasteiger partial charge in [0.15, 0.2) is 0 Å². The standard InChI is InChI=1S/C26H32N2O5/c1-15(2)13-22(24(29)28-23(16(3)4)25(30)31)27-26(32)33-14-21-19-11-7-5-9-17(19)18-10-6-8-12-20(18)21/h5-12,15-16,21-23H,13-14H2,1-4H3,(H,27,32)(H,28,29)(H,30,31)/t22-,23?/m1/s1. The van der Waals surface area contributed by atoms with Gasteiger partial charge in [-0.3, -0.25) is 4.79 Å². The molecule has 0 fully saturated rings. The van der Waals surface area contributed by atoms with Crippen LogP contribution in [0.4, 0.5) is 4.79 Å². The van der Waals surface area contributed by atoms with Crippen molar-refractivity contribution < 1.29 is 24.2 Å². The van der Waals surface area contributed by atoms with E-state index >= 15 is 0 Å². The summed E-state index contributed by atoms with van der Waals surface area (Å²) in [6, 6.07) is 14.2. The molecule has 176 valence electrons. The van der Waals surface area contributed by atoms with Crippen molar-refractivity contribution in [3.05, 3.63) is 59.7 Å². The Hall–Kier alpha value is -3.35. The fourth-order valence-corrected chi connectivity index (χ4v) is 4.25. The molecule has 3 N–H and O–H groups in total. The molecule has 2 atom stereocenters. The van der Waals surface area contributed by atoms with Gasteiger partial charge in [-0.15, -0.1) is 0 Å². The number of benzene rings is 2. The first-order valence-corrected chi connectivity index (χ1v) is 11.3. The van der Waals surface area contributed by atoms with Gasteiger partial charge in [0.1, 0.15) is 18.7 Å². The molecule has 3 rings (SSSR count). The highest BCUT2D eigenvalue weighted by molar-refractivity contribution is 5.89. The molecule has 0 aromatic heterocycles. The molecular weight excluding hydrogens is 420 g/mol. The summed E-state index contributed by atoms with van der Waals surface area (Å²) in [5.74, 6) is -1.91. The summed E-state index contributed by atoms with van der Waals surface area (Å²) in [6.07, 6.45) is -0.338. The van der Waals surface area contributed by atoms with Crippen molar-refractivity contribution in [2.24, 2.45) is 11.8 Å². The van der Waals surface area contributed by atoms with Gasteiger partial charge in [-0.2, -0.15) is 0 Å². The lowest BCUT2D eigenvalue weighted by Gasteiger charge is -2.24. The van der Waals surface area contributed by atoms with Crippen molar-refractivity contribution >= 4 is 18.0 Å². The molecule has 0 bridgehead atoms. The number of nitrogens with one attached hydrogen (secondary N) is 2. The number of amides is 2. The topological polar surface area (TPSA) is 105 Å². The number of ether oxygens (including phenoxy) is 1. The molecule has 0 saturated heterocycles. The molecule has 2 aromatic rings. The maximum atomic E-state index is 12.8. The minimum atomic E-state index is -1.11. The van der Waals surface area contributed by atoms with E-state index in [0.29, 0.717) is 6.42 Å². The van der Waals surface area contributed by atoms with E-state index in [1.165, 1.54) is 0 Å². The first-order chi connectivity index (χ1) is 15.7. The normalized spacial score (nSPS) is 14.4. The summed E-state index contributed by atoms with van der Waals surface area (Å²) in [5, 5.41) is 14.6. The average Bonchev–Trinajstić information content (AvgIpc) is 3.08. The maximum Gasteiger partial charge on any atom is 0.407 e. The summed E-state index contributed by atoms with van der Waals surface area (Å²) in [4.78, 5) is 36.9. The fourth-order valence-electron chi connectivity index (χ4n) is 4.25. The lowest BCUT2D eigenvalue weighted by molar-refractivity contribution is -0.143. The third-order valence-corrected chi connectivity index (χ3v) is 5.89. The van der Waals surface area contributed by atoms with Gasteiger partial charge in [0.05, 0.1) is 0 Å². The molecule has 1 aliphatic rings. The van der Waals surface area contributed by atoms with Crippen molar-refractivity contribution in [3.8, 4) is 11.1 Å². The summed E-state index contributed by atoms with van der Waals surface area (Å²) in [6.45, 7) is 7.43. The third kappa shape index (κ3) is 5.72. The molecule has 0 saturated carbocycles. The highest BCUT2D eigenvalue weighted by Crippen LogP contribution is 2.44. The quantitative estimate of drug-likeness (QED) is 0.530. The number of fused-ring (bicyclic) bond motifs is 3. The Kier molecular flexibility index (Phi) is 7.74. The van der Waals surface area contributed by atoms with Crippen LogP contribution < -0.4 is 10.6 Å². The van der Waals surface area contributed by atoms with Crippen LogP contribution in [0.1, 0.15) is 51.2 Å². The predicted octanol–water partition coefficient (Wildman–Crippen LogP) is 4.17. The van der Waals surface area contributed by atoms with Gasteiger partial charge >= 0.3 is 12.1 Å². The van der Waals surface area contributed by atoms with E-state index in [-0.39, 0.29) is 24.4 Å². The predicted molar refractivity (Wildman–Crippen MR) is 126 cm³/mol. The van der Waals surface area contributed by atoms with Crippen LogP contribution in [-0.4, -0.2) is 41.8 Å². The van der Waals surface area contributed by atoms with Gasteiger partial charge < -0.3 is 20.5 Å². The van der Waals surface area contributed by atoms with Crippen LogP contribution in [0.15, 0.2) is 48.5 Å². The zero-order valence-corrected chi connectivity index (χ0v) is 19.5. The van der Waals surface area contributed by atoms with Crippen LogP contribution in [0.2, 0.25) is 0 Å². The number of carboxylic acids is 1. The van der Waals surface area contributed by atoms with E-state index in [1.54, 1.807) is 13.8 Å². The smallest absolute Gasteiger partial charge is 0.407 e. The van der Waals surface area contributed by atoms with Crippen LogP contribution in [0.25, 0.3) is 11.1 Å². The Morgan fingerprint density at radius 2 is 1.45 bits per heavy atom. The SMILES string of the molecule is CC(C)C[C@@H](NC(=O)OCC1c2ccccc2-c2ccccc21)C(=O)NC(C(=O)O)C(C)C. The summed E-state index contributed by atoms with van der Waals surface area (Å²) in [7, 11) is 0. The van der Waals surface area contributed by atoms with Gasteiger partial charge in [0.2, 0.25) is 5.91 Å². The zero-order valence-electron chi connectivity index (χ0n) is 19.5. The molecule has 2 amide bonds. The first-order valence-electron chi connectivity index (χ1n) is 11.3. The second-order valence-corrected chi connectivity index (χ2v) is 9.22. The summed E-state index contributed by atoms with van der Waals surface area (Å²) >= 11 is 0. The Morgan fingerprint density at radius 3 is 1.94 bits per heavy atom. The highest BCUT2D eigenvalue weighted by Gasteiger charge is 2.31. The molecule has 7 heteroatoms. The molecule has 1 aliphatic carbocycles. The summed E-state index contributed by atoms with van der Waals surface area (Å²) < 4.78 is 5.56. The number of carbonyl (C=O) groups is 3. The first kappa shape index (κ1) is 24.3. The summed E-state index contributed by atoms with van der Waals surface area (Å²) in [5.41, 5.74) is 4.47. The molecule has 0 spiro atoms. The van der Waals surface area contributed by atoms with Gasteiger partial charge in [-0.25, -0.2) is 9.59 Å². The molecular formula is C26H32N2O5. The van der Waals surface area contributed by atoms with Gasteiger partial charge in [-0.05, 0) is 40.5 Å². The van der Waals surface area contributed by atoms with E-state index in [4.69, 9.17) is 4.74 Å². The molecule has 0 aliphatic heterocycles. The minimum Gasteiger partial charge on any atom is -0.480 e. The number of rotatable bonds is 9. The number of carboxylic acid groups (broad SMARTS) is 1. The Morgan fingerprint density at radius 1 is 0.909 bits per heavy atom. The zero-order chi connectivity index (χ0) is 24.1. The van der Waals surface area contributed by atoms with Crippen LogP contribution >= 0.6 is 0 Å². The lowest BCUT2D eigenvalue weighted by atomic mass is 9.98. The van der Waals surface area contributed by atoms with E-state index in [2.05, 4.69) is 22.8 Å². The average molecular weight is 453 g/mol. The number of hydrogen-bond donors (Lipinski definition) is 3. The molecule has 0 radical (unpaired) electrons. The van der Waals surface area contributed by atoms with Gasteiger partial charge in [0.25, 0.3) is 0 Å². The second-order valence-electron chi connectivity index (χ2n) is 9.22. The van der Waals surface area contributed by atoms with Gasteiger partial charge in [-0.1, -0.05) is 76.2 Å².